The highest BCUT2D eigenvalue weighted by Gasteiger charge is 2.23. The Hall–Kier alpha value is -2.23. The molecule has 2 aromatic heterocycles. The number of hydrogen-bond acceptors (Lipinski definition) is 7. The number of aromatic nitrogens is 3. The highest BCUT2D eigenvalue weighted by molar-refractivity contribution is 8.00. The Morgan fingerprint density at radius 3 is 2.89 bits per heavy atom. The third-order valence-electron chi connectivity index (χ3n) is 3.98. The molecule has 0 spiro atoms. The Morgan fingerprint density at radius 1 is 1.39 bits per heavy atom. The number of aryl methyl sites for hydroxylation is 2. The predicted octanol–water partition coefficient (Wildman–Crippen LogP) is 3.56. The van der Waals surface area contributed by atoms with E-state index in [9.17, 15) is 9.59 Å². The number of amides is 1. The molecule has 0 aliphatic carbocycles. The van der Waals surface area contributed by atoms with Crippen LogP contribution in [0.4, 0.5) is 5.82 Å². The van der Waals surface area contributed by atoms with Crippen LogP contribution in [0.2, 0.25) is 5.02 Å². The minimum absolute atomic E-state index is 0.0812. The van der Waals surface area contributed by atoms with Gasteiger partial charge in [-0.1, -0.05) is 28.5 Å². The van der Waals surface area contributed by atoms with Crippen LogP contribution < -0.4 is 10.9 Å². The number of hydrogen-bond donors (Lipinski definition) is 1. The number of benzene rings is 1. The van der Waals surface area contributed by atoms with E-state index in [1.165, 1.54) is 28.1 Å². The lowest BCUT2D eigenvalue weighted by Crippen LogP contribution is -2.24. The summed E-state index contributed by atoms with van der Waals surface area (Å²) in [5.74, 6) is 1.62. The monoisotopic (exact) mass is 434 g/mol. The van der Waals surface area contributed by atoms with E-state index < -0.39 is 0 Å². The largest absolute Gasteiger partial charge is 0.360 e. The number of carbonyl (C=O) groups excluding carboxylic acids is 1. The Balaban J connectivity index is 1.62. The fraction of sp³-hybridized carbons (Fsp3) is 0.222. The normalized spacial score (nSPS) is 12.8. The summed E-state index contributed by atoms with van der Waals surface area (Å²) in [5.41, 5.74) is 1.33. The van der Waals surface area contributed by atoms with Crippen molar-refractivity contribution in [3.05, 3.63) is 57.2 Å². The second kappa shape index (κ2) is 8.02. The SMILES string of the molecule is Cc1cc(NC(=O)CSc2nc3c(c(=O)n2-c2ccc(Cl)cc2)SCC3)no1. The van der Waals surface area contributed by atoms with Gasteiger partial charge in [-0.2, -0.15) is 0 Å². The molecular weight excluding hydrogens is 420 g/mol. The van der Waals surface area contributed by atoms with Crippen molar-refractivity contribution in [3.8, 4) is 5.69 Å². The first-order valence-corrected chi connectivity index (χ1v) is 10.8. The molecule has 3 heterocycles. The molecule has 28 heavy (non-hydrogen) atoms. The van der Waals surface area contributed by atoms with Gasteiger partial charge in [-0.15, -0.1) is 11.8 Å². The maximum Gasteiger partial charge on any atom is 0.272 e. The molecule has 0 radical (unpaired) electrons. The number of nitrogens with zero attached hydrogens (tertiary/aromatic N) is 3. The summed E-state index contributed by atoms with van der Waals surface area (Å²) < 4.78 is 6.47. The molecule has 1 aliphatic rings. The van der Waals surface area contributed by atoms with Crippen LogP contribution in [0, 0.1) is 6.92 Å². The number of anilines is 1. The van der Waals surface area contributed by atoms with Crippen LogP contribution in [-0.2, 0) is 11.2 Å². The number of halogens is 1. The maximum atomic E-state index is 13.0. The van der Waals surface area contributed by atoms with Gasteiger partial charge in [0.2, 0.25) is 5.91 Å². The van der Waals surface area contributed by atoms with Crippen molar-refractivity contribution >= 4 is 46.8 Å². The van der Waals surface area contributed by atoms with Gasteiger partial charge in [0.15, 0.2) is 11.0 Å². The molecular formula is C18H15ClN4O3S2. The summed E-state index contributed by atoms with van der Waals surface area (Å²) in [7, 11) is 0. The molecule has 0 fully saturated rings. The molecule has 0 atom stereocenters. The Morgan fingerprint density at radius 2 is 2.18 bits per heavy atom. The van der Waals surface area contributed by atoms with Crippen LogP contribution >= 0.6 is 35.1 Å². The highest BCUT2D eigenvalue weighted by atomic mass is 35.5. The molecule has 1 N–H and O–H groups in total. The van der Waals surface area contributed by atoms with Crippen LogP contribution in [0.15, 0.2) is 49.7 Å². The van der Waals surface area contributed by atoms with Crippen molar-refractivity contribution in [2.75, 3.05) is 16.8 Å². The molecule has 4 rings (SSSR count). The Bertz CT molecular complexity index is 1100. The van der Waals surface area contributed by atoms with Gasteiger partial charge in [0.25, 0.3) is 5.56 Å². The highest BCUT2D eigenvalue weighted by Crippen LogP contribution is 2.30. The lowest BCUT2D eigenvalue weighted by atomic mass is 10.3. The zero-order valence-electron chi connectivity index (χ0n) is 14.8. The van der Waals surface area contributed by atoms with Crippen LogP contribution in [0.5, 0.6) is 0 Å². The van der Waals surface area contributed by atoms with Crippen molar-refractivity contribution in [3.63, 3.8) is 0 Å². The fourth-order valence-corrected chi connectivity index (χ4v) is 4.72. The Kier molecular flexibility index (Phi) is 5.47. The van der Waals surface area contributed by atoms with Crippen molar-refractivity contribution < 1.29 is 9.32 Å². The van der Waals surface area contributed by atoms with Crippen LogP contribution in [0.3, 0.4) is 0 Å². The number of rotatable bonds is 5. The van der Waals surface area contributed by atoms with E-state index in [0.29, 0.717) is 32.3 Å². The van der Waals surface area contributed by atoms with Gasteiger partial charge in [-0.3, -0.25) is 14.2 Å². The number of thioether (sulfide) groups is 2. The standard InChI is InChI=1S/C18H15ClN4O3S2/c1-10-8-14(22-26-10)21-15(24)9-28-18-20-13-6-7-27-16(13)17(25)23(18)12-4-2-11(19)3-5-12/h2-5,8H,6-7,9H2,1H3,(H,21,22,24). The Labute approximate surface area is 173 Å². The number of carbonyl (C=O) groups is 1. The molecule has 144 valence electrons. The van der Waals surface area contributed by atoms with Gasteiger partial charge >= 0.3 is 0 Å². The molecule has 0 saturated carbocycles. The van der Waals surface area contributed by atoms with Crippen molar-refractivity contribution in [1.82, 2.24) is 14.7 Å². The minimum Gasteiger partial charge on any atom is -0.360 e. The molecule has 0 saturated heterocycles. The minimum atomic E-state index is -0.259. The van der Waals surface area contributed by atoms with Gasteiger partial charge in [-0.25, -0.2) is 4.98 Å². The smallest absolute Gasteiger partial charge is 0.272 e. The third-order valence-corrected chi connectivity index (χ3v) is 6.28. The first kappa shape index (κ1) is 19.1. The summed E-state index contributed by atoms with van der Waals surface area (Å²) in [6, 6.07) is 8.60. The zero-order chi connectivity index (χ0) is 19.7. The van der Waals surface area contributed by atoms with Crippen molar-refractivity contribution in [2.24, 2.45) is 0 Å². The second-order valence-electron chi connectivity index (χ2n) is 6.05. The van der Waals surface area contributed by atoms with E-state index in [1.807, 2.05) is 0 Å². The molecule has 10 heteroatoms. The van der Waals surface area contributed by atoms with Crippen LogP contribution in [0.25, 0.3) is 5.69 Å². The van der Waals surface area contributed by atoms with Crippen molar-refractivity contribution in [2.45, 2.75) is 23.4 Å². The van der Waals surface area contributed by atoms with Gasteiger partial charge in [0.05, 0.1) is 22.0 Å². The van der Waals surface area contributed by atoms with E-state index in [2.05, 4.69) is 15.5 Å². The van der Waals surface area contributed by atoms with Crippen LogP contribution in [-0.4, -0.2) is 32.1 Å². The van der Waals surface area contributed by atoms with Crippen LogP contribution in [0.1, 0.15) is 11.5 Å². The lowest BCUT2D eigenvalue weighted by Gasteiger charge is -2.13. The predicted molar refractivity (Wildman–Crippen MR) is 110 cm³/mol. The van der Waals surface area contributed by atoms with Gasteiger partial charge in [0.1, 0.15) is 5.76 Å². The molecule has 3 aromatic rings. The summed E-state index contributed by atoms with van der Waals surface area (Å²) in [6.45, 7) is 1.74. The summed E-state index contributed by atoms with van der Waals surface area (Å²) in [5, 5.41) is 7.46. The lowest BCUT2D eigenvalue weighted by molar-refractivity contribution is -0.113. The molecule has 0 unspecified atom stereocenters. The molecule has 1 aromatic carbocycles. The zero-order valence-corrected chi connectivity index (χ0v) is 17.2. The van der Waals surface area contributed by atoms with E-state index in [1.54, 1.807) is 37.3 Å². The molecule has 1 amide bonds. The summed E-state index contributed by atoms with van der Waals surface area (Å²) >= 11 is 8.69. The van der Waals surface area contributed by atoms with E-state index in [-0.39, 0.29) is 17.2 Å². The first-order valence-electron chi connectivity index (χ1n) is 8.42. The van der Waals surface area contributed by atoms with Crippen molar-refractivity contribution in [1.29, 1.82) is 0 Å². The average molecular weight is 435 g/mol. The first-order chi connectivity index (χ1) is 13.5. The van der Waals surface area contributed by atoms with Gasteiger partial charge < -0.3 is 9.84 Å². The second-order valence-corrected chi connectivity index (χ2v) is 8.53. The summed E-state index contributed by atoms with van der Waals surface area (Å²) in [6.07, 6.45) is 0.745. The van der Waals surface area contributed by atoms with E-state index in [0.717, 1.165) is 17.9 Å². The quantitative estimate of drug-likeness (QED) is 0.485. The van der Waals surface area contributed by atoms with Gasteiger partial charge in [-0.05, 0) is 31.2 Å². The van der Waals surface area contributed by atoms with Gasteiger partial charge in [0, 0.05) is 23.3 Å². The topological polar surface area (TPSA) is 90.0 Å². The fourth-order valence-electron chi connectivity index (χ4n) is 2.74. The van der Waals surface area contributed by atoms with E-state index >= 15 is 0 Å². The average Bonchev–Trinajstić information content (AvgIpc) is 3.30. The molecule has 0 bridgehead atoms. The number of nitrogens with one attached hydrogen (secondary N) is 1. The number of fused-ring (bicyclic) bond motifs is 1. The molecule has 1 aliphatic heterocycles. The third kappa shape index (κ3) is 3.96. The van der Waals surface area contributed by atoms with E-state index in [4.69, 9.17) is 16.1 Å². The maximum absolute atomic E-state index is 13.0. The molecule has 7 nitrogen and oxygen atoms in total. The summed E-state index contributed by atoms with van der Waals surface area (Å²) in [4.78, 5) is 30.6.